The molecular weight excluding hydrogens is 354 g/mol. The van der Waals surface area contributed by atoms with Crippen LogP contribution in [0.1, 0.15) is 22.3 Å². The number of carbonyl (C=O) groups is 1. The van der Waals surface area contributed by atoms with Gasteiger partial charge in [0, 0.05) is 50.2 Å². The van der Waals surface area contributed by atoms with Crippen LogP contribution in [0.5, 0.6) is 0 Å². The van der Waals surface area contributed by atoms with Crippen molar-refractivity contribution >= 4 is 17.3 Å². The topological polar surface area (TPSA) is 132 Å². The van der Waals surface area contributed by atoms with Crippen molar-refractivity contribution in [3.63, 3.8) is 0 Å². The average molecular weight is 371 g/mol. The minimum absolute atomic E-state index is 0.0503. The smallest absolute Gasteiger partial charge is 0.277 e. The molecule has 0 saturated carbocycles. The first-order valence-corrected chi connectivity index (χ1v) is 8.29. The van der Waals surface area contributed by atoms with Gasteiger partial charge in [0.25, 0.3) is 17.3 Å². The van der Waals surface area contributed by atoms with Crippen LogP contribution in [0.25, 0.3) is 0 Å². The van der Waals surface area contributed by atoms with E-state index in [1.165, 1.54) is 0 Å². The number of nitro benzene ring substituents is 2. The van der Waals surface area contributed by atoms with Crippen molar-refractivity contribution in [3.05, 3.63) is 74.1 Å². The van der Waals surface area contributed by atoms with Crippen LogP contribution in [0.15, 0.2) is 42.7 Å². The second kappa shape index (κ2) is 7.87. The summed E-state index contributed by atoms with van der Waals surface area (Å²) in [5, 5.41) is 25.3. The van der Waals surface area contributed by atoms with Crippen LogP contribution < -0.4 is 5.32 Å². The molecule has 140 valence electrons. The Balaban J connectivity index is 1.68. The minimum Gasteiger partial charge on any atom is -0.337 e. The van der Waals surface area contributed by atoms with Crippen LogP contribution in [0.2, 0.25) is 0 Å². The van der Waals surface area contributed by atoms with Gasteiger partial charge in [-0.2, -0.15) is 0 Å². The number of hydrogen-bond acceptors (Lipinski definition) is 7. The fourth-order valence-electron chi connectivity index (χ4n) is 2.99. The lowest BCUT2D eigenvalue weighted by molar-refractivity contribution is -0.394. The second-order valence-corrected chi connectivity index (χ2v) is 6.23. The minimum atomic E-state index is -0.743. The Morgan fingerprint density at radius 2 is 1.78 bits per heavy atom. The molecule has 0 radical (unpaired) electrons. The molecule has 1 aromatic carbocycles. The maximum Gasteiger partial charge on any atom is 0.277 e. The molecule has 1 N–H and O–H groups in total. The molecule has 3 rings (SSSR count). The first-order chi connectivity index (χ1) is 12.9. The van der Waals surface area contributed by atoms with Gasteiger partial charge in [0.2, 0.25) is 0 Å². The highest BCUT2D eigenvalue weighted by atomic mass is 16.6. The molecule has 27 heavy (non-hydrogen) atoms. The molecule has 0 unspecified atom stereocenters. The van der Waals surface area contributed by atoms with Crippen molar-refractivity contribution in [2.45, 2.75) is 19.0 Å². The predicted molar refractivity (Wildman–Crippen MR) is 95.1 cm³/mol. The maximum absolute atomic E-state index is 12.7. The average Bonchev–Trinajstić information content (AvgIpc) is 3.15. The number of nitrogens with zero attached hydrogens (tertiary/aromatic N) is 4. The summed E-state index contributed by atoms with van der Waals surface area (Å²) in [4.78, 5) is 38.7. The molecule has 0 spiro atoms. The molecule has 1 aromatic heterocycles. The molecular formula is C17H17N5O5. The van der Waals surface area contributed by atoms with Gasteiger partial charge in [-0.3, -0.25) is 30.0 Å². The van der Waals surface area contributed by atoms with Crippen LogP contribution in [-0.4, -0.2) is 44.8 Å². The van der Waals surface area contributed by atoms with Gasteiger partial charge in [0.15, 0.2) is 0 Å². The summed E-state index contributed by atoms with van der Waals surface area (Å²) in [7, 11) is 0. The van der Waals surface area contributed by atoms with Crippen LogP contribution in [0.3, 0.4) is 0 Å². The monoisotopic (exact) mass is 371 g/mol. The highest BCUT2D eigenvalue weighted by molar-refractivity contribution is 5.95. The Hall–Kier alpha value is -3.40. The van der Waals surface area contributed by atoms with E-state index in [-0.39, 0.29) is 11.6 Å². The van der Waals surface area contributed by atoms with E-state index in [9.17, 15) is 25.0 Å². The zero-order valence-electron chi connectivity index (χ0n) is 14.3. The number of amides is 1. The van der Waals surface area contributed by atoms with Gasteiger partial charge >= 0.3 is 0 Å². The Labute approximate surface area is 154 Å². The van der Waals surface area contributed by atoms with Crippen molar-refractivity contribution in [1.82, 2.24) is 15.2 Å². The zero-order chi connectivity index (χ0) is 19.4. The van der Waals surface area contributed by atoms with Gasteiger partial charge in [-0.15, -0.1) is 0 Å². The maximum atomic E-state index is 12.7. The van der Waals surface area contributed by atoms with Gasteiger partial charge in [-0.1, -0.05) is 0 Å². The fraction of sp³-hybridized carbons (Fsp3) is 0.294. The highest BCUT2D eigenvalue weighted by Crippen LogP contribution is 2.24. The van der Waals surface area contributed by atoms with Crippen molar-refractivity contribution in [1.29, 1.82) is 0 Å². The largest absolute Gasteiger partial charge is 0.337 e. The number of non-ortho nitro benzene ring substituents is 2. The summed E-state index contributed by atoms with van der Waals surface area (Å²) in [6.45, 7) is 1.54. The molecule has 1 saturated heterocycles. The number of likely N-dealkylation sites (tertiary alicyclic amines) is 1. The first kappa shape index (κ1) is 18.4. The summed E-state index contributed by atoms with van der Waals surface area (Å²) < 4.78 is 0. The molecule has 1 aliphatic heterocycles. The Morgan fingerprint density at radius 3 is 2.37 bits per heavy atom. The van der Waals surface area contributed by atoms with Gasteiger partial charge in [0.05, 0.1) is 21.5 Å². The molecule has 10 heteroatoms. The van der Waals surface area contributed by atoms with Crippen molar-refractivity contribution in [2.75, 3.05) is 13.1 Å². The lowest BCUT2D eigenvalue weighted by Gasteiger charge is -2.17. The van der Waals surface area contributed by atoms with Crippen LogP contribution >= 0.6 is 0 Å². The van der Waals surface area contributed by atoms with E-state index in [0.717, 1.165) is 30.2 Å². The van der Waals surface area contributed by atoms with E-state index in [0.29, 0.717) is 19.6 Å². The first-order valence-electron chi connectivity index (χ1n) is 8.29. The van der Waals surface area contributed by atoms with Gasteiger partial charge in [-0.05, 0) is 24.1 Å². The Bertz CT molecular complexity index is 841. The molecule has 10 nitrogen and oxygen atoms in total. The third kappa shape index (κ3) is 4.42. The molecule has 1 atom stereocenters. The SMILES string of the molecule is O=C(c1cc([N+](=O)[O-])cc([N+](=O)[O-])c1)N1CC[C@@H](NCc2ccncc2)C1. The molecule has 1 fully saturated rings. The van der Waals surface area contributed by atoms with E-state index in [2.05, 4.69) is 10.3 Å². The Morgan fingerprint density at radius 1 is 1.15 bits per heavy atom. The van der Waals surface area contributed by atoms with E-state index < -0.39 is 27.1 Å². The van der Waals surface area contributed by atoms with Crippen molar-refractivity contribution in [3.8, 4) is 0 Å². The third-order valence-electron chi connectivity index (χ3n) is 4.39. The second-order valence-electron chi connectivity index (χ2n) is 6.23. The van der Waals surface area contributed by atoms with Crippen molar-refractivity contribution < 1.29 is 14.6 Å². The van der Waals surface area contributed by atoms with E-state index in [1.54, 1.807) is 17.3 Å². The molecule has 0 bridgehead atoms. The molecule has 0 aliphatic carbocycles. The summed E-state index contributed by atoms with van der Waals surface area (Å²) in [5.41, 5.74) is 0.0768. The summed E-state index contributed by atoms with van der Waals surface area (Å²) in [6, 6.07) is 6.87. The Kier molecular flexibility index (Phi) is 5.36. The van der Waals surface area contributed by atoms with E-state index in [1.807, 2.05) is 12.1 Å². The van der Waals surface area contributed by atoms with E-state index >= 15 is 0 Å². The number of carbonyl (C=O) groups excluding carboxylic acids is 1. The van der Waals surface area contributed by atoms with Crippen LogP contribution in [-0.2, 0) is 6.54 Å². The highest BCUT2D eigenvalue weighted by Gasteiger charge is 2.29. The summed E-state index contributed by atoms with van der Waals surface area (Å²) >= 11 is 0. The number of nitrogens with one attached hydrogen (secondary N) is 1. The summed E-state index contributed by atoms with van der Waals surface area (Å²) in [5.74, 6) is -0.449. The number of pyridine rings is 1. The van der Waals surface area contributed by atoms with Crippen LogP contribution in [0, 0.1) is 20.2 Å². The third-order valence-corrected chi connectivity index (χ3v) is 4.39. The predicted octanol–water partition coefficient (Wildman–Crippen LogP) is 1.90. The van der Waals surface area contributed by atoms with Gasteiger partial charge in [0.1, 0.15) is 0 Å². The molecule has 2 aromatic rings. The lowest BCUT2D eigenvalue weighted by atomic mass is 10.1. The quantitative estimate of drug-likeness (QED) is 0.606. The van der Waals surface area contributed by atoms with E-state index in [4.69, 9.17) is 0 Å². The molecule has 1 aliphatic rings. The number of rotatable bonds is 6. The number of nitro groups is 2. The number of hydrogen-bond donors (Lipinski definition) is 1. The fourth-order valence-corrected chi connectivity index (χ4v) is 2.99. The zero-order valence-corrected chi connectivity index (χ0v) is 14.3. The molecule has 1 amide bonds. The van der Waals surface area contributed by atoms with Crippen molar-refractivity contribution in [2.24, 2.45) is 0 Å². The van der Waals surface area contributed by atoms with Crippen LogP contribution in [0.4, 0.5) is 11.4 Å². The summed E-state index contributed by atoms with van der Waals surface area (Å²) in [6.07, 6.45) is 4.14. The van der Waals surface area contributed by atoms with Gasteiger partial charge < -0.3 is 10.2 Å². The standard InChI is InChI=1S/C17H17N5O5/c23-17(13-7-15(21(24)25)9-16(8-13)22(26)27)20-6-3-14(11-20)19-10-12-1-4-18-5-2-12/h1-2,4-5,7-9,14,19H,3,6,10-11H2/t14-/m1/s1. The lowest BCUT2D eigenvalue weighted by Crippen LogP contribution is -2.34. The number of aromatic nitrogens is 1. The van der Waals surface area contributed by atoms with Gasteiger partial charge in [-0.25, -0.2) is 0 Å². The number of benzene rings is 1. The normalized spacial score (nSPS) is 16.3. The molecule has 2 heterocycles.